The molecule has 2 N–H and O–H groups in total. The second-order valence-electron chi connectivity index (χ2n) is 9.83. The van der Waals surface area contributed by atoms with Crippen LogP contribution < -0.4 is 0 Å². The van der Waals surface area contributed by atoms with E-state index < -0.39 is 0 Å². The first-order valence-electron chi connectivity index (χ1n) is 14.8. The molecule has 0 atom stereocenters. The molecule has 39 heavy (non-hydrogen) atoms. The van der Waals surface area contributed by atoms with Gasteiger partial charge in [-0.1, -0.05) is 84.6 Å². The zero-order chi connectivity index (χ0) is 28.2. The van der Waals surface area contributed by atoms with E-state index in [1.165, 1.54) is 53.5 Å². The van der Waals surface area contributed by atoms with Crippen LogP contribution in [0.2, 0.25) is 0 Å². The van der Waals surface area contributed by atoms with Crippen LogP contribution in [0.4, 0.5) is 0 Å². The molecule has 0 fully saturated rings. The van der Waals surface area contributed by atoms with Crippen molar-refractivity contribution in [2.24, 2.45) is 0 Å². The third-order valence-electron chi connectivity index (χ3n) is 6.48. The standard InChI is InChI=1S/C28H36N2.2C3H8O.Ni/c1-4-7-9-10-14-26-21-27(25-15-11-13-22(6-3)20-25)30(29)28(26)24-18-16-23(17-19-24)12-8-5-2;2*1-2-3-4;/h11,13,15-21H,4-10,12,14H2,1-3H3;2*4H,2-3H2,1H3;. The maximum Gasteiger partial charge on any atom is 0.210 e. The average Bonchev–Trinajstić information content (AvgIpc) is 3.30. The molecule has 5 heteroatoms. The Morgan fingerprint density at radius 1 is 0.667 bits per heavy atom. The van der Waals surface area contributed by atoms with Crippen molar-refractivity contribution in [1.82, 2.24) is 0 Å². The van der Waals surface area contributed by atoms with Gasteiger partial charge in [-0.2, -0.15) is 0 Å². The quantitative estimate of drug-likeness (QED) is 0.141. The van der Waals surface area contributed by atoms with Gasteiger partial charge in [-0.05, 0) is 80.3 Å². The van der Waals surface area contributed by atoms with Gasteiger partial charge in [0.25, 0.3) is 0 Å². The number of unbranched alkanes of at least 4 members (excludes halogenated alkanes) is 4. The van der Waals surface area contributed by atoms with E-state index in [0.717, 1.165) is 61.0 Å². The molecule has 1 aliphatic rings. The molecule has 2 aromatic rings. The van der Waals surface area contributed by atoms with Crippen molar-refractivity contribution in [2.75, 3.05) is 13.2 Å². The monoisotopic (exact) mass is 578 g/mol. The Labute approximate surface area is 248 Å². The fraction of sp³-hybridized carbons (Fsp3) is 0.529. The predicted octanol–water partition coefficient (Wildman–Crippen LogP) is 9.14. The van der Waals surface area contributed by atoms with E-state index >= 15 is 0 Å². The third kappa shape index (κ3) is 13.2. The number of hydrogen-bond donors (Lipinski definition) is 2. The molecule has 0 aromatic heterocycles. The van der Waals surface area contributed by atoms with Crippen molar-refractivity contribution >= 4 is 11.4 Å². The minimum Gasteiger partial charge on any atom is -0.493 e. The van der Waals surface area contributed by atoms with Crippen LogP contribution in [0.5, 0.6) is 0 Å². The number of rotatable bonds is 13. The fourth-order valence-corrected chi connectivity index (χ4v) is 4.16. The Morgan fingerprint density at radius 2 is 1.28 bits per heavy atom. The molecule has 0 radical (unpaired) electrons. The number of aryl methyl sites for hydroxylation is 2. The first kappa shape index (κ1) is 36.9. The molecule has 1 aliphatic heterocycles. The summed E-state index contributed by atoms with van der Waals surface area (Å²) in [7, 11) is 0. The van der Waals surface area contributed by atoms with Crippen LogP contribution in [0.15, 0.2) is 60.2 Å². The summed E-state index contributed by atoms with van der Waals surface area (Å²) in [6.45, 7) is 11.1. The van der Waals surface area contributed by atoms with Gasteiger partial charge < -0.3 is 15.7 Å². The van der Waals surface area contributed by atoms with Gasteiger partial charge in [0.2, 0.25) is 11.4 Å². The predicted molar refractivity (Wildman–Crippen MR) is 163 cm³/mol. The Hall–Kier alpha value is -2.07. The molecule has 0 amide bonds. The fourth-order valence-electron chi connectivity index (χ4n) is 4.16. The smallest absolute Gasteiger partial charge is 0.210 e. The van der Waals surface area contributed by atoms with Crippen molar-refractivity contribution < 1.29 is 31.4 Å². The second-order valence-corrected chi connectivity index (χ2v) is 9.83. The summed E-state index contributed by atoms with van der Waals surface area (Å²) in [6, 6.07) is 17.3. The Bertz CT molecular complexity index is 989. The summed E-state index contributed by atoms with van der Waals surface area (Å²) < 4.78 is 1.42. The van der Waals surface area contributed by atoms with E-state index in [-0.39, 0.29) is 16.5 Å². The number of benzene rings is 2. The first-order valence-corrected chi connectivity index (χ1v) is 14.8. The van der Waals surface area contributed by atoms with Gasteiger partial charge in [0.05, 0.1) is 0 Å². The van der Waals surface area contributed by atoms with Crippen LogP contribution in [0, 0.1) is 0 Å². The van der Waals surface area contributed by atoms with Gasteiger partial charge in [-0.3, -0.25) is 0 Å². The number of allylic oxidation sites excluding steroid dienone is 2. The summed E-state index contributed by atoms with van der Waals surface area (Å²) in [5.74, 6) is 0. The molecule has 4 nitrogen and oxygen atoms in total. The second kappa shape index (κ2) is 22.7. The zero-order valence-corrected chi connectivity index (χ0v) is 26.0. The summed E-state index contributed by atoms with van der Waals surface area (Å²) in [5.41, 5.74) is 19.1. The van der Waals surface area contributed by atoms with E-state index in [1.54, 1.807) is 0 Å². The van der Waals surface area contributed by atoms with Crippen LogP contribution in [-0.2, 0) is 29.3 Å². The number of hydrogen-bond acceptors (Lipinski definition) is 2. The first-order chi connectivity index (χ1) is 18.5. The van der Waals surface area contributed by atoms with E-state index in [0.29, 0.717) is 13.2 Å². The van der Waals surface area contributed by atoms with Gasteiger partial charge in [-0.15, -0.1) is 0 Å². The molecule has 0 aliphatic carbocycles. The van der Waals surface area contributed by atoms with Crippen LogP contribution >= 0.6 is 0 Å². The molecular weight excluding hydrogens is 527 g/mol. The summed E-state index contributed by atoms with van der Waals surface area (Å²) in [6.07, 6.45) is 14.4. The summed E-state index contributed by atoms with van der Waals surface area (Å²) >= 11 is 0. The van der Waals surface area contributed by atoms with Crippen molar-refractivity contribution in [3.8, 4) is 0 Å². The van der Waals surface area contributed by atoms with Gasteiger partial charge in [-0.25, -0.2) is 4.70 Å². The summed E-state index contributed by atoms with van der Waals surface area (Å²) in [5, 5.41) is 15.8. The van der Waals surface area contributed by atoms with Gasteiger partial charge in [0.15, 0.2) is 0 Å². The van der Waals surface area contributed by atoms with Crippen molar-refractivity contribution in [3.63, 3.8) is 0 Å². The molecule has 0 spiro atoms. The maximum atomic E-state index is 11.2. The van der Waals surface area contributed by atoms with Crippen molar-refractivity contribution in [1.29, 1.82) is 0 Å². The Morgan fingerprint density at radius 3 is 1.82 bits per heavy atom. The van der Waals surface area contributed by atoms with E-state index in [9.17, 15) is 5.53 Å². The topological polar surface area (TPSA) is 65.8 Å². The minimum atomic E-state index is 0. The van der Waals surface area contributed by atoms with Crippen LogP contribution in [0.3, 0.4) is 0 Å². The third-order valence-corrected chi connectivity index (χ3v) is 6.48. The summed E-state index contributed by atoms with van der Waals surface area (Å²) in [4.78, 5) is 0. The van der Waals surface area contributed by atoms with Crippen LogP contribution in [0.25, 0.3) is 16.9 Å². The molecule has 0 saturated heterocycles. The van der Waals surface area contributed by atoms with Crippen LogP contribution in [-0.4, -0.2) is 28.1 Å². The Kier molecular flexibility index (Phi) is 21.5. The molecular formula is C34H52N2NiO2. The number of aliphatic hydroxyl groups is 2. The molecule has 0 saturated carbocycles. The maximum absolute atomic E-state index is 11.2. The van der Waals surface area contributed by atoms with Crippen molar-refractivity contribution in [3.05, 3.63) is 88.0 Å². The van der Waals surface area contributed by atoms with E-state index in [2.05, 4.69) is 75.4 Å². The van der Waals surface area contributed by atoms with E-state index in [4.69, 9.17) is 10.2 Å². The molecule has 3 rings (SSSR count). The SMILES string of the molecule is CCCCCCC1=C(c2ccc(CCCC)cc2)[N+](=[N-])C(c2cccc(CC)c2)=C1.CCCO.CCCO.[Ni]. The zero-order valence-electron chi connectivity index (χ0n) is 25.0. The normalized spacial score (nSPS) is 12.2. The number of aliphatic hydroxyl groups excluding tert-OH is 2. The molecule has 0 unspecified atom stereocenters. The molecule has 2 aromatic carbocycles. The van der Waals surface area contributed by atoms with Gasteiger partial charge in [0.1, 0.15) is 0 Å². The minimum absolute atomic E-state index is 0. The molecule has 220 valence electrons. The molecule has 1 heterocycles. The van der Waals surface area contributed by atoms with Gasteiger partial charge >= 0.3 is 0 Å². The Balaban J connectivity index is 0.00000142. The largest absolute Gasteiger partial charge is 0.493 e. The van der Waals surface area contributed by atoms with E-state index in [1.807, 2.05) is 13.8 Å². The van der Waals surface area contributed by atoms with Crippen LogP contribution in [0.1, 0.15) is 115 Å². The van der Waals surface area contributed by atoms with Gasteiger partial charge in [0, 0.05) is 52.5 Å². The molecule has 0 bridgehead atoms. The number of nitrogens with zero attached hydrogens (tertiary/aromatic N) is 2. The average molecular weight is 579 g/mol. The van der Waals surface area contributed by atoms with Crippen molar-refractivity contribution in [2.45, 2.75) is 105 Å².